The first-order valence-electron chi connectivity index (χ1n) is 8.08. The number of halogens is 1. The van der Waals surface area contributed by atoms with E-state index in [4.69, 9.17) is 16.3 Å². The molecule has 22 heavy (non-hydrogen) atoms. The van der Waals surface area contributed by atoms with E-state index in [9.17, 15) is 4.79 Å². The normalized spacial score (nSPS) is 25.0. The van der Waals surface area contributed by atoms with Crippen molar-refractivity contribution in [2.45, 2.75) is 18.8 Å². The molecule has 1 saturated heterocycles. The summed E-state index contributed by atoms with van der Waals surface area (Å²) in [7, 11) is 0. The largest absolute Gasteiger partial charge is 0.379 e. The predicted molar refractivity (Wildman–Crippen MR) is 87.2 cm³/mol. The van der Waals surface area contributed by atoms with Crippen molar-refractivity contribution in [3.05, 3.63) is 34.9 Å². The molecule has 2 fully saturated rings. The number of rotatable bonds is 6. The summed E-state index contributed by atoms with van der Waals surface area (Å²) in [6.45, 7) is 5.45. The maximum Gasteiger partial charge on any atom is 0.223 e. The monoisotopic (exact) mass is 322 g/mol. The molecule has 0 aromatic heterocycles. The van der Waals surface area contributed by atoms with E-state index in [1.165, 1.54) is 0 Å². The summed E-state index contributed by atoms with van der Waals surface area (Å²) in [5, 5.41) is 3.84. The number of hydrogen-bond donors (Lipinski definition) is 1. The molecule has 1 amide bonds. The van der Waals surface area contributed by atoms with Gasteiger partial charge in [0.15, 0.2) is 0 Å². The van der Waals surface area contributed by atoms with Crippen LogP contribution in [-0.2, 0) is 9.53 Å². The summed E-state index contributed by atoms with van der Waals surface area (Å²) in [6, 6.07) is 7.83. The molecule has 1 aromatic carbocycles. The molecule has 1 heterocycles. The van der Waals surface area contributed by atoms with Crippen molar-refractivity contribution in [2.24, 2.45) is 5.92 Å². The van der Waals surface area contributed by atoms with Crippen molar-refractivity contribution in [3.63, 3.8) is 0 Å². The zero-order valence-electron chi connectivity index (χ0n) is 12.8. The first-order chi connectivity index (χ1) is 10.8. The Hall–Kier alpha value is -1.10. The first kappa shape index (κ1) is 15.8. The van der Waals surface area contributed by atoms with Gasteiger partial charge < -0.3 is 10.1 Å². The van der Waals surface area contributed by atoms with Gasteiger partial charge in [-0.1, -0.05) is 29.8 Å². The van der Waals surface area contributed by atoms with E-state index in [0.717, 1.165) is 62.8 Å². The van der Waals surface area contributed by atoms with Gasteiger partial charge in [-0.15, -0.1) is 0 Å². The van der Waals surface area contributed by atoms with Gasteiger partial charge in [0.05, 0.1) is 13.2 Å². The van der Waals surface area contributed by atoms with E-state index in [0.29, 0.717) is 5.92 Å². The lowest BCUT2D eigenvalue weighted by Gasteiger charge is -2.26. The van der Waals surface area contributed by atoms with Crippen LogP contribution in [0.15, 0.2) is 24.3 Å². The Kier molecular flexibility index (Phi) is 5.34. The summed E-state index contributed by atoms with van der Waals surface area (Å²) in [6.07, 6.45) is 1.91. The maximum atomic E-state index is 12.2. The third-order valence-corrected chi connectivity index (χ3v) is 4.83. The molecule has 120 valence electrons. The SMILES string of the molecule is O=C(NCCCN1CCOCC1)C1CC1c1ccccc1Cl. The molecular weight excluding hydrogens is 300 g/mol. The van der Waals surface area contributed by atoms with Crippen LogP contribution < -0.4 is 5.32 Å². The van der Waals surface area contributed by atoms with Crippen molar-refractivity contribution in [1.29, 1.82) is 0 Å². The Morgan fingerprint density at radius 1 is 1.32 bits per heavy atom. The number of ether oxygens (including phenoxy) is 1. The van der Waals surface area contributed by atoms with E-state index < -0.39 is 0 Å². The van der Waals surface area contributed by atoms with Crippen LogP contribution >= 0.6 is 11.6 Å². The Morgan fingerprint density at radius 3 is 2.86 bits per heavy atom. The van der Waals surface area contributed by atoms with Gasteiger partial charge in [-0.3, -0.25) is 9.69 Å². The molecule has 1 aliphatic carbocycles. The molecule has 1 aromatic rings. The van der Waals surface area contributed by atoms with E-state index >= 15 is 0 Å². The Morgan fingerprint density at radius 2 is 2.09 bits per heavy atom. The van der Waals surface area contributed by atoms with Crippen LogP contribution in [0.1, 0.15) is 24.3 Å². The number of morpholine rings is 1. The molecule has 1 aliphatic heterocycles. The smallest absolute Gasteiger partial charge is 0.223 e. The van der Waals surface area contributed by atoms with Crippen LogP contribution in [-0.4, -0.2) is 50.2 Å². The van der Waals surface area contributed by atoms with Crippen LogP contribution in [0.4, 0.5) is 0 Å². The van der Waals surface area contributed by atoms with Gasteiger partial charge in [0.25, 0.3) is 0 Å². The van der Waals surface area contributed by atoms with Crippen LogP contribution in [0.2, 0.25) is 5.02 Å². The van der Waals surface area contributed by atoms with Crippen molar-refractivity contribution >= 4 is 17.5 Å². The molecule has 0 radical (unpaired) electrons. The zero-order chi connectivity index (χ0) is 15.4. The topological polar surface area (TPSA) is 41.6 Å². The molecule has 2 atom stereocenters. The fourth-order valence-electron chi connectivity index (χ4n) is 3.07. The molecule has 1 saturated carbocycles. The number of nitrogens with zero attached hydrogens (tertiary/aromatic N) is 1. The van der Waals surface area contributed by atoms with Gasteiger partial charge in [0, 0.05) is 30.6 Å². The lowest BCUT2D eigenvalue weighted by molar-refractivity contribution is -0.122. The van der Waals surface area contributed by atoms with E-state index in [1.54, 1.807) is 0 Å². The Bertz CT molecular complexity index is 517. The summed E-state index contributed by atoms with van der Waals surface area (Å²) in [4.78, 5) is 14.6. The van der Waals surface area contributed by atoms with E-state index in [2.05, 4.69) is 10.2 Å². The third-order valence-electron chi connectivity index (χ3n) is 4.49. The highest BCUT2D eigenvalue weighted by Crippen LogP contribution is 2.49. The Labute approximate surface area is 136 Å². The molecule has 5 heteroatoms. The predicted octanol–water partition coefficient (Wildman–Crippen LogP) is 2.28. The molecular formula is C17H23ClN2O2. The number of benzene rings is 1. The minimum atomic E-state index is 0.100. The first-order valence-corrected chi connectivity index (χ1v) is 8.46. The van der Waals surface area contributed by atoms with E-state index in [1.807, 2.05) is 24.3 Å². The van der Waals surface area contributed by atoms with Gasteiger partial charge >= 0.3 is 0 Å². The summed E-state index contributed by atoms with van der Waals surface area (Å²) < 4.78 is 5.33. The second-order valence-electron chi connectivity index (χ2n) is 6.07. The average Bonchev–Trinajstić information content (AvgIpc) is 3.33. The number of carbonyl (C=O) groups excluding carboxylic acids is 1. The van der Waals surface area contributed by atoms with Crippen LogP contribution in [0.3, 0.4) is 0 Å². The molecule has 0 bridgehead atoms. The second kappa shape index (κ2) is 7.44. The molecule has 4 nitrogen and oxygen atoms in total. The van der Waals surface area contributed by atoms with Crippen molar-refractivity contribution in [1.82, 2.24) is 10.2 Å². The number of hydrogen-bond acceptors (Lipinski definition) is 3. The third kappa shape index (κ3) is 4.00. The van der Waals surface area contributed by atoms with Crippen LogP contribution in [0, 0.1) is 5.92 Å². The lowest BCUT2D eigenvalue weighted by atomic mass is 10.1. The van der Waals surface area contributed by atoms with Gasteiger partial charge in [0.1, 0.15) is 0 Å². The molecule has 0 spiro atoms. The summed E-state index contributed by atoms with van der Waals surface area (Å²) in [5.74, 6) is 0.572. The average molecular weight is 323 g/mol. The minimum absolute atomic E-state index is 0.100. The maximum absolute atomic E-state index is 12.2. The molecule has 2 aliphatic rings. The van der Waals surface area contributed by atoms with E-state index in [-0.39, 0.29) is 11.8 Å². The summed E-state index contributed by atoms with van der Waals surface area (Å²) in [5.41, 5.74) is 1.11. The number of carbonyl (C=O) groups is 1. The van der Waals surface area contributed by atoms with Gasteiger partial charge in [-0.05, 0) is 36.9 Å². The van der Waals surface area contributed by atoms with Crippen molar-refractivity contribution in [3.8, 4) is 0 Å². The number of nitrogens with one attached hydrogen (secondary N) is 1. The molecule has 1 N–H and O–H groups in total. The zero-order valence-corrected chi connectivity index (χ0v) is 13.5. The van der Waals surface area contributed by atoms with Gasteiger partial charge in [-0.25, -0.2) is 0 Å². The molecule has 3 rings (SSSR count). The minimum Gasteiger partial charge on any atom is -0.379 e. The van der Waals surface area contributed by atoms with Gasteiger partial charge in [-0.2, -0.15) is 0 Å². The van der Waals surface area contributed by atoms with Gasteiger partial charge in [0.2, 0.25) is 5.91 Å². The standard InChI is InChI=1S/C17H23ClN2O2/c18-16-5-2-1-4-13(16)14-12-15(14)17(21)19-6-3-7-20-8-10-22-11-9-20/h1-2,4-5,14-15H,3,6-12H2,(H,19,21). The lowest BCUT2D eigenvalue weighted by Crippen LogP contribution is -2.38. The fraction of sp³-hybridized carbons (Fsp3) is 0.588. The number of amides is 1. The Balaban J connectivity index is 1.36. The highest BCUT2D eigenvalue weighted by Gasteiger charge is 2.44. The summed E-state index contributed by atoms with van der Waals surface area (Å²) >= 11 is 6.19. The highest BCUT2D eigenvalue weighted by atomic mass is 35.5. The molecule has 2 unspecified atom stereocenters. The van der Waals surface area contributed by atoms with Crippen molar-refractivity contribution < 1.29 is 9.53 Å². The van der Waals surface area contributed by atoms with Crippen LogP contribution in [0.5, 0.6) is 0 Å². The second-order valence-corrected chi connectivity index (χ2v) is 6.48. The van der Waals surface area contributed by atoms with Crippen LogP contribution in [0.25, 0.3) is 0 Å². The quantitative estimate of drug-likeness (QED) is 0.817. The highest BCUT2D eigenvalue weighted by molar-refractivity contribution is 6.31. The fourth-order valence-corrected chi connectivity index (χ4v) is 3.35. The van der Waals surface area contributed by atoms with Crippen molar-refractivity contribution in [2.75, 3.05) is 39.4 Å².